The van der Waals surface area contributed by atoms with Gasteiger partial charge in [-0.05, 0) is 38.5 Å². The predicted molar refractivity (Wildman–Crippen MR) is 59.0 cm³/mol. The van der Waals surface area contributed by atoms with Crippen molar-refractivity contribution < 1.29 is 14.3 Å². The van der Waals surface area contributed by atoms with Crippen LogP contribution >= 0.6 is 0 Å². The highest BCUT2D eigenvalue weighted by Crippen LogP contribution is 2.60. The lowest BCUT2D eigenvalue weighted by Gasteiger charge is -2.27. The van der Waals surface area contributed by atoms with Gasteiger partial charge in [0.1, 0.15) is 11.7 Å². The first-order chi connectivity index (χ1) is 7.72. The average molecular weight is 224 g/mol. The zero-order valence-corrected chi connectivity index (χ0v) is 9.96. The maximum Gasteiger partial charge on any atom is 0.341 e. The predicted octanol–water partition coefficient (Wildman–Crippen LogP) is 2.57. The lowest BCUT2D eigenvalue weighted by atomic mass is 9.88. The highest BCUT2D eigenvalue weighted by Gasteiger charge is 2.74. The summed E-state index contributed by atoms with van der Waals surface area (Å²) in [6.45, 7) is 2.04. The van der Waals surface area contributed by atoms with E-state index in [0.717, 1.165) is 32.1 Å². The van der Waals surface area contributed by atoms with E-state index in [0.29, 0.717) is 0 Å². The number of ether oxygens (including phenoxy) is 2. The molecule has 2 aliphatic carbocycles. The van der Waals surface area contributed by atoms with Gasteiger partial charge in [-0.15, -0.1) is 0 Å². The fraction of sp³-hybridized carbons (Fsp3) is 0.923. The van der Waals surface area contributed by atoms with Gasteiger partial charge in [0.25, 0.3) is 0 Å². The van der Waals surface area contributed by atoms with E-state index in [-0.39, 0.29) is 17.7 Å². The van der Waals surface area contributed by atoms with Gasteiger partial charge in [-0.1, -0.05) is 19.8 Å². The van der Waals surface area contributed by atoms with E-state index in [2.05, 4.69) is 0 Å². The van der Waals surface area contributed by atoms with Crippen LogP contribution < -0.4 is 0 Å². The molecule has 0 N–H and O–H groups in total. The third-order valence-corrected chi connectivity index (χ3v) is 4.63. The van der Waals surface area contributed by atoms with Gasteiger partial charge in [0.15, 0.2) is 5.60 Å². The van der Waals surface area contributed by atoms with Crippen molar-refractivity contribution in [1.29, 1.82) is 0 Å². The number of carbonyl (C=O) groups is 1. The van der Waals surface area contributed by atoms with Crippen LogP contribution in [-0.4, -0.2) is 23.3 Å². The van der Waals surface area contributed by atoms with Gasteiger partial charge < -0.3 is 9.47 Å². The first-order valence-corrected chi connectivity index (χ1v) is 6.64. The van der Waals surface area contributed by atoms with Gasteiger partial charge in [-0.3, -0.25) is 0 Å². The molecule has 90 valence electrons. The number of epoxide rings is 1. The van der Waals surface area contributed by atoms with Crippen molar-refractivity contribution in [3.8, 4) is 0 Å². The molecular formula is C13H20O3. The van der Waals surface area contributed by atoms with Crippen molar-refractivity contribution in [1.82, 2.24) is 0 Å². The fourth-order valence-corrected chi connectivity index (χ4v) is 3.26. The van der Waals surface area contributed by atoms with E-state index in [1.807, 2.05) is 6.92 Å². The van der Waals surface area contributed by atoms with Crippen molar-refractivity contribution in [3.63, 3.8) is 0 Å². The summed E-state index contributed by atoms with van der Waals surface area (Å²) in [6.07, 6.45) is 8.69. The molecule has 0 bridgehead atoms. The molecule has 1 spiro atoms. The van der Waals surface area contributed by atoms with Crippen molar-refractivity contribution >= 4 is 5.97 Å². The van der Waals surface area contributed by atoms with Gasteiger partial charge in [0.2, 0.25) is 0 Å². The first kappa shape index (κ1) is 10.6. The van der Waals surface area contributed by atoms with Crippen LogP contribution in [0.1, 0.15) is 58.3 Å². The topological polar surface area (TPSA) is 38.8 Å². The van der Waals surface area contributed by atoms with Crippen molar-refractivity contribution in [2.45, 2.75) is 75.6 Å². The van der Waals surface area contributed by atoms with Gasteiger partial charge in [0.05, 0.1) is 0 Å². The summed E-state index contributed by atoms with van der Waals surface area (Å²) in [5, 5.41) is 0. The van der Waals surface area contributed by atoms with E-state index in [1.165, 1.54) is 19.3 Å². The molecule has 3 aliphatic rings. The molecule has 16 heavy (non-hydrogen) atoms. The Morgan fingerprint density at radius 3 is 2.50 bits per heavy atom. The minimum absolute atomic E-state index is 0.0819. The Labute approximate surface area is 96.5 Å². The molecule has 3 heteroatoms. The monoisotopic (exact) mass is 224 g/mol. The SMILES string of the molecule is CCC1(C(=O)OC2CCC2)OC12CCCC2. The third-order valence-electron chi connectivity index (χ3n) is 4.63. The molecule has 3 nitrogen and oxygen atoms in total. The maximum absolute atomic E-state index is 12.2. The van der Waals surface area contributed by atoms with E-state index in [1.54, 1.807) is 0 Å². The van der Waals surface area contributed by atoms with Crippen LogP contribution in [0.4, 0.5) is 0 Å². The molecule has 1 aliphatic heterocycles. The maximum atomic E-state index is 12.2. The van der Waals surface area contributed by atoms with Gasteiger partial charge in [-0.25, -0.2) is 4.79 Å². The standard InChI is InChI=1S/C13H20O3/c1-2-13(11(14)15-10-6-5-7-10)12(16-13)8-3-4-9-12/h10H,2-9H2,1H3. The second kappa shape index (κ2) is 3.46. The van der Waals surface area contributed by atoms with Crippen LogP contribution in [0.2, 0.25) is 0 Å². The number of rotatable bonds is 3. The highest BCUT2D eigenvalue weighted by molar-refractivity contribution is 5.85. The molecule has 1 atom stereocenters. The molecule has 1 unspecified atom stereocenters. The first-order valence-electron chi connectivity index (χ1n) is 6.64. The van der Waals surface area contributed by atoms with E-state index in [4.69, 9.17) is 9.47 Å². The molecule has 1 saturated heterocycles. The van der Waals surface area contributed by atoms with E-state index in [9.17, 15) is 4.79 Å². The third kappa shape index (κ3) is 1.27. The molecule has 1 heterocycles. The minimum atomic E-state index is -0.570. The number of carbonyl (C=O) groups excluding carboxylic acids is 1. The van der Waals surface area contributed by atoms with Crippen LogP contribution in [0, 0.1) is 0 Å². The minimum Gasteiger partial charge on any atom is -0.460 e. The Morgan fingerprint density at radius 1 is 1.31 bits per heavy atom. The van der Waals surface area contributed by atoms with Crippen LogP contribution in [0.25, 0.3) is 0 Å². The Kier molecular flexibility index (Phi) is 2.29. The summed E-state index contributed by atoms with van der Waals surface area (Å²) in [7, 11) is 0. The molecule has 0 aromatic carbocycles. The van der Waals surface area contributed by atoms with Crippen LogP contribution in [0.15, 0.2) is 0 Å². The molecule has 3 rings (SSSR count). The number of hydrogen-bond acceptors (Lipinski definition) is 3. The molecule has 2 saturated carbocycles. The zero-order valence-electron chi connectivity index (χ0n) is 9.96. The number of esters is 1. The van der Waals surface area contributed by atoms with Gasteiger partial charge in [-0.2, -0.15) is 0 Å². The second-order valence-electron chi connectivity index (χ2n) is 5.44. The normalized spacial score (nSPS) is 36.1. The van der Waals surface area contributed by atoms with Crippen molar-refractivity contribution in [2.75, 3.05) is 0 Å². The largest absolute Gasteiger partial charge is 0.460 e. The molecular weight excluding hydrogens is 204 g/mol. The van der Waals surface area contributed by atoms with Gasteiger partial charge in [0, 0.05) is 0 Å². The quantitative estimate of drug-likeness (QED) is 0.546. The summed E-state index contributed by atoms with van der Waals surface area (Å²) >= 11 is 0. The second-order valence-corrected chi connectivity index (χ2v) is 5.44. The summed E-state index contributed by atoms with van der Waals surface area (Å²) in [6, 6.07) is 0. The van der Waals surface area contributed by atoms with Gasteiger partial charge >= 0.3 is 5.97 Å². The lowest BCUT2D eigenvalue weighted by molar-refractivity contribution is -0.159. The fourth-order valence-electron chi connectivity index (χ4n) is 3.26. The Bertz CT molecular complexity index is 302. The lowest BCUT2D eigenvalue weighted by Crippen LogP contribution is -2.38. The van der Waals surface area contributed by atoms with Crippen LogP contribution in [0.3, 0.4) is 0 Å². The smallest absolute Gasteiger partial charge is 0.341 e. The summed E-state index contributed by atoms with van der Waals surface area (Å²) in [5.41, 5.74) is -0.707. The molecule has 0 amide bonds. The molecule has 0 aromatic rings. The van der Waals surface area contributed by atoms with E-state index >= 15 is 0 Å². The summed E-state index contributed by atoms with van der Waals surface area (Å²) in [4.78, 5) is 12.2. The van der Waals surface area contributed by atoms with Crippen molar-refractivity contribution in [3.05, 3.63) is 0 Å². The summed E-state index contributed by atoms with van der Waals surface area (Å²) in [5.74, 6) is -0.0819. The Morgan fingerprint density at radius 2 is 2.00 bits per heavy atom. The summed E-state index contributed by atoms with van der Waals surface area (Å²) < 4.78 is 11.4. The molecule has 3 fully saturated rings. The molecule has 0 aromatic heterocycles. The van der Waals surface area contributed by atoms with E-state index < -0.39 is 5.60 Å². The van der Waals surface area contributed by atoms with Crippen LogP contribution in [-0.2, 0) is 14.3 Å². The highest BCUT2D eigenvalue weighted by atomic mass is 16.7. The Hall–Kier alpha value is -0.570. The average Bonchev–Trinajstić information content (AvgIpc) is 2.59. The Balaban J connectivity index is 1.69. The molecule has 0 radical (unpaired) electrons. The number of hydrogen-bond donors (Lipinski definition) is 0. The van der Waals surface area contributed by atoms with Crippen molar-refractivity contribution in [2.24, 2.45) is 0 Å². The zero-order chi connectivity index (χ0) is 11.2. The van der Waals surface area contributed by atoms with Crippen LogP contribution in [0.5, 0.6) is 0 Å².